The van der Waals surface area contributed by atoms with Crippen LogP contribution in [0.2, 0.25) is 0 Å². The van der Waals surface area contributed by atoms with Gasteiger partial charge in [0.15, 0.2) is 0 Å². The highest BCUT2D eigenvalue weighted by molar-refractivity contribution is 5.77. The molecule has 0 aliphatic heterocycles. The van der Waals surface area contributed by atoms with Gasteiger partial charge in [0.2, 0.25) is 5.91 Å². The Morgan fingerprint density at radius 3 is 1.33 bits per heavy atom. The molecule has 57 heavy (non-hydrogen) atoms. The zero-order valence-corrected chi connectivity index (χ0v) is 38.2. The summed E-state index contributed by atoms with van der Waals surface area (Å²) in [7, 11) is 0. The molecular weight excluding hydrogens is 707 g/mol. The minimum absolute atomic E-state index is 0.0598. The van der Waals surface area contributed by atoms with Crippen LogP contribution in [-0.4, -0.2) is 46.9 Å². The molecule has 0 aromatic rings. The van der Waals surface area contributed by atoms with Crippen molar-refractivity contribution in [3.8, 4) is 0 Å². The van der Waals surface area contributed by atoms with Gasteiger partial charge in [-0.25, -0.2) is 0 Å². The third kappa shape index (κ3) is 40.9. The van der Waals surface area contributed by atoms with Gasteiger partial charge < -0.3 is 20.3 Å². The van der Waals surface area contributed by atoms with Gasteiger partial charge in [0.1, 0.15) is 6.10 Å². The van der Waals surface area contributed by atoms with Crippen molar-refractivity contribution in [1.82, 2.24) is 5.32 Å². The van der Waals surface area contributed by atoms with Crippen LogP contribution < -0.4 is 5.32 Å². The van der Waals surface area contributed by atoms with Crippen LogP contribution in [0.5, 0.6) is 0 Å². The second kappa shape index (κ2) is 45.4. The van der Waals surface area contributed by atoms with Gasteiger partial charge in [-0.05, 0) is 44.9 Å². The van der Waals surface area contributed by atoms with Gasteiger partial charge in [0.25, 0.3) is 0 Å². The van der Waals surface area contributed by atoms with E-state index in [1.165, 1.54) is 167 Å². The Morgan fingerprint density at radius 2 is 0.895 bits per heavy atom. The number of aliphatic hydroxyl groups is 2. The Kier molecular flexibility index (Phi) is 44.1. The van der Waals surface area contributed by atoms with E-state index in [0.717, 1.165) is 44.9 Å². The molecule has 0 bridgehead atoms. The van der Waals surface area contributed by atoms with Gasteiger partial charge in [-0.2, -0.15) is 0 Å². The largest absolute Gasteiger partial charge is 0.462 e. The Labute approximate surface area is 354 Å². The summed E-state index contributed by atoms with van der Waals surface area (Å²) in [6.07, 6.45) is 51.1. The highest BCUT2D eigenvalue weighted by Gasteiger charge is 2.24. The van der Waals surface area contributed by atoms with Crippen LogP contribution >= 0.6 is 0 Å². The minimum atomic E-state index is -0.791. The average Bonchev–Trinajstić information content (AvgIpc) is 3.20. The highest BCUT2D eigenvalue weighted by Crippen LogP contribution is 2.18. The molecule has 0 heterocycles. The van der Waals surface area contributed by atoms with E-state index < -0.39 is 18.2 Å². The van der Waals surface area contributed by atoms with Crippen LogP contribution in [0, 0.1) is 0 Å². The molecule has 0 rings (SSSR count). The molecule has 0 fully saturated rings. The molecule has 3 N–H and O–H groups in total. The Morgan fingerprint density at radius 1 is 0.509 bits per heavy atom. The van der Waals surface area contributed by atoms with Crippen molar-refractivity contribution in [2.75, 3.05) is 6.61 Å². The fraction of sp³-hybridized carbons (Fsp3) is 0.882. The summed E-state index contributed by atoms with van der Waals surface area (Å²) < 4.78 is 5.87. The van der Waals surface area contributed by atoms with E-state index in [-0.39, 0.29) is 24.9 Å². The van der Waals surface area contributed by atoms with E-state index in [4.69, 9.17) is 4.74 Å². The number of esters is 1. The summed E-state index contributed by atoms with van der Waals surface area (Å²) in [5, 5.41) is 23.7. The van der Waals surface area contributed by atoms with E-state index >= 15 is 0 Å². The van der Waals surface area contributed by atoms with Crippen LogP contribution in [0.15, 0.2) is 24.3 Å². The Hall–Kier alpha value is -1.66. The van der Waals surface area contributed by atoms with Gasteiger partial charge in [-0.3, -0.25) is 9.59 Å². The zero-order chi connectivity index (χ0) is 41.7. The maximum Gasteiger partial charge on any atom is 0.306 e. The molecule has 0 aromatic heterocycles. The molecule has 336 valence electrons. The number of nitrogens with one attached hydrogen (secondary N) is 1. The summed E-state index contributed by atoms with van der Waals surface area (Å²) >= 11 is 0. The first-order chi connectivity index (χ1) is 28.0. The van der Waals surface area contributed by atoms with E-state index in [2.05, 4.69) is 44.3 Å². The fourth-order valence-corrected chi connectivity index (χ4v) is 7.72. The molecule has 6 heteroatoms. The summed E-state index contributed by atoms with van der Waals surface area (Å²) in [4.78, 5) is 26.0. The first kappa shape index (κ1) is 55.3. The van der Waals surface area contributed by atoms with Crippen LogP contribution in [0.1, 0.15) is 265 Å². The molecular formula is C51H97NO5. The molecule has 0 saturated carbocycles. The van der Waals surface area contributed by atoms with Gasteiger partial charge >= 0.3 is 5.97 Å². The summed E-state index contributed by atoms with van der Waals surface area (Å²) in [6, 6.07) is -0.706. The molecule has 0 aliphatic carbocycles. The van der Waals surface area contributed by atoms with Gasteiger partial charge in [-0.15, -0.1) is 0 Å². The normalized spacial score (nSPS) is 13.4. The fourth-order valence-electron chi connectivity index (χ4n) is 7.72. The molecule has 3 unspecified atom stereocenters. The van der Waals surface area contributed by atoms with Crippen molar-refractivity contribution in [2.45, 2.75) is 283 Å². The standard InChI is InChI=1S/C51H97NO5/c1-4-7-10-13-16-19-21-23-24-25-27-28-31-34-37-40-43-49(54)48(46-53)52-50(55)45-47(42-39-36-33-30-18-15-12-9-6-3)57-51(56)44-41-38-35-32-29-26-22-20-17-14-11-8-5-2/h26,29,35,38,47-49,53-54H,4-25,27-28,30-34,36-37,39-46H2,1-3H3,(H,52,55)/b29-26-,38-35+. The third-order valence-corrected chi connectivity index (χ3v) is 11.5. The number of carbonyl (C=O) groups is 2. The molecule has 1 amide bonds. The van der Waals surface area contributed by atoms with Crippen LogP contribution in [0.3, 0.4) is 0 Å². The SMILES string of the molecule is CCCCCCCC/C=C\C/C=C/CCC(=O)OC(CCCCCCCCCCC)CC(=O)NC(CO)C(O)CCCCCCCCCCCCCCCCCC. The van der Waals surface area contributed by atoms with Gasteiger partial charge in [0, 0.05) is 6.42 Å². The van der Waals surface area contributed by atoms with Gasteiger partial charge in [-0.1, -0.05) is 231 Å². The summed E-state index contributed by atoms with van der Waals surface area (Å²) in [5.41, 5.74) is 0. The lowest BCUT2D eigenvalue weighted by molar-refractivity contribution is -0.150. The molecule has 0 spiro atoms. The molecule has 3 atom stereocenters. The number of hydrogen-bond donors (Lipinski definition) is 3. The maximum absolute atomic E-state index is 13.1. The van der Waals surface area contributed by atoms with Crippen LogP contribution in [0.4, 0.5) is 0 Å². The number of hydrogen-bond acceptors (Lipinski definition) is 5. The van der Waals surface area contributed by atoms with Crippen molar-refractivity contribution in [1.29, 1.82) is 0 Å². The quantitative estimate of drug-likeness (QED) is 0.0324. The van der Waals surface area contributed by atoms with Gasteiger partial charge in [0.05, 0.1) is 25.2 Å². The van der Waals surface area contributed by atoms with E-state index in [9.17, 15) is 19.8 Å². The topological polar surface area (TPSA) is 95.9 Å². The number of allylic oxidation sites excluding steroid dienone is 4. The predicted molar refractivity (Wildman–Crippen MR) is 246 cm³/mol. The number of rotatable bonds is 45. The van der Waals surface area contributed by atoms with E-state index in [0.29, 0.717) is 25.7 Å². The molecule has 0 saturated heterocycles. The second-order valence-corrected chi connectivity index (χ2v) is 17.2. The van der Waals surface area contributed by atoms with Crippen molar-refractivity contribution in [3.05, 3.63) is 24.3 Å². The number of unbranched alkanes of at least 4 members (excludes halogenated alkanes) is 29. The number of ether oxygens (including phenoxy) is 1. The van der Waals surface area contributed by atoms with E-state index in [1.54, 1.807) is 0 Å². The van der Waals surface area contributed by atoms with Crippen LogP contribution in [0.25, 0.3) is 0 Å². The van der Waals surface area contributed by atoms with Crippen LogP contribution in [-0.2, 0) is 14.3 Å². The lowest BCUT2D eigenvalue weighted by atomic mass is 10.0. The Bertz CT molecular complexity index is 904. The molecule has 0 aromatic carbocycles. The van der Waals surface area contributed by atoms with E-state index in [1.807, 2.05) is 6.08 Å². The predicted octanol–water partition coefficient (Wildman–Crippen LogP) is 14.7. The number of amides is 1. The molecule has 0 radical (unpaired) electrons. The maximum atomic E-state index is 13.1. The number of carbonyl (C=O) groups excluding carboxylic acids is 2. The average molecular weight is 804 g/mol. The van der Waals surface area contributed by atoms with Crippen molar-refractivity contribution in [3.63, 3.8) is 0 Å². The molecule has 0 aliphatic rings. The van der Waals surface area contributed by atoms with Crippen molar-refractivity contribution >= 4 is 11.9 Å². The number of aliphatic hydroxyl groups excluding tert-OH is 2. The summed E-state index contributed by atoms with van der Waals surface area (Å²) in [5.74, 6) is -0.546. The smallest absolute Gasteiger partial charge is 0.306 e. The Balaban J connectivity index is 4.48. The zero-order valence-electron chi connectivity index (χ0n) is 38.2. The monoisotopic (exact) mass is 804 g/mol. The first-order valence-corrected chi connectivity index (χ1v) is 25.1. The second-order valence-electron chi connectivity index (χ2n) is 17.2. The lowest BCUT2D eigenvalue weighted by Crippen LogP contribution is -2.46. The highest BCUT2D eigenvalue weighted by atomic mass is 16.5. The lowest BCUT2D eigenvalue weighted by Gasteiger charge is -2.24. The van der Waals surface area contributed by atoms with Crippen molar-refractivity contribution < 1.29 is 24.5 Å². The minimum Gasteiger partial charge on any atom is -0.462 e. The third-order valence-electron chi connectivity index (χ3n) is 11.5. The van der Waals surface area contributed by atoms with Crippen molar-refractivity contribution in [2.24, 2.45) is 0 Å². The summed E-state index contributed by atoms with van der Waals surface area (Å²) in [6.45, 7) is 6.46. The molecule has 6 nitrogen and oxygen atoms in total. The first-order valence-electron chi connectivity index (χ1n) is 25.1.